The topological polar surface area (TPSA) is 58.2 Å². The average Bonchev–Trinajstić information content (AvgIpc) is 2.82. The third-order valence-electron chi connectivity index (χ3n) is 2.87. The summed E-state index contributed by atoms with van der Waals surface area (Å²) >= 11 is 1.55. The van der Waals surface area contributed by atoms with E-state index in [-0.39, 0.29) is 24.3 Å². The summed E-state index contributed by atoms with van der Waals surface area (Å²) in [7, 11) is 1.59. The highest BCUT2D eigenvalue weighted by Crippen LogP contribution is 2.25. The van der Waals surface area contributed by atoms with E-state index in [1.807, 2.05) is 36.6 Å². The van der Waals surface area contributed by atoms with E-state index in [0.29, 0.717) is 5.56 Å². The maximum atomic E-state index is 12.2. The zero-order valence-electron chi connectivity index (χ0n) is 10.9. The van der Waals surface area contributed by atoms with Gasteiger partial charge in [-0.05, 0) is 13.0 Å². The lowest BCUT2D eigenvalue weighted by molar-refractivity contribution is -0.120. The van der Waals surface area contributed by atoms with E-state index in [4.69, 9.17) is 0 Å². The fourth-order valence-corrected chi connectivity index (χ4v) is 2.83. The molecule has 2 amide bonds. The smallest absolute Gasteiger partial charge is 0.252 e. The molecule has 0 saturated heterocycles. The highest BCUT2D eigenvalue weighted by molar-refractivity contribution is 7.17. The number of carbonyl (C=O) groups is 2. The van der Waals surface area contributed by atoms with Gasteiger partial charge in [-0.1, -0.05) is 18.2 Å². The lowest BCUT2D eigenvalue weighted by Crippen LogP contribution is -2.36. The molecule has 1 heterocycles. The molecule has 1 aromatic carbocycles. The van der Waals surface area contributed by atoms with Gasteiger partial charge in [0.15, 0.2) is 0 Å². The third-order valence-corrected chi connectivity index (χ3v) is 3.84. The van der Waals surface area contributed by atoms with Crippen molar-refractivity contribution in [2.45, 2.75) is 19.4 Å². The number of benzene rings is 1. The van der Waals surface area contributed by atoms with Gasteiger partial charge in [0, 0.05) is 35.0 Å². The van der Waals surface area contributed by atoms with E-state index < -0.39 is 0 Å². The molecule has 0 spiro atoms. The van der Waals surface area contributed by atoms with E-state index in [0.717, 1.165) is 10.1 Å². The molecule has 1 aromatic heterocycles. The van der Waals surface area contributed by atoms with Gasteiger partial charge in [0.2, 0.25) is 5.91 Å². The molecule has 0 saturated carbocycles. The quantitative estimate of drug-likeness (QED) is 0.899. The number of amides is 2. The highest BCUT2D eigenvalue weighted by Gasteiger charge is 2.15. The molecule has 0 fully saturated rings. The minimum atomic E-state index is -0.189. The van der Waals surface area contributed by atoms with Crippen molar-refractivity contribution in [2.24, 2.45) is 0 Å². The second kappa shape index (κ2) is 5.84. The fourth-order valence-electron chi connectivity index (χ4n) is 1.89. The lowest BCUT2D eigenvalue weighted by Gasteiger charge is -2.12. The Morgan fingerprint density at radius 1 is 1.32 bits per heavy atom. The summed E-state index contributed by atoms with van der Waals surface area (Å²) < 4.78 is 1.09. The second-order valence-electron chi connectivity index (χ2n) is 4.40. The summed E-state index contributed by atoms with van der Waals surface area (Å²) in [6.07, 6.45) is 0.282. The molecule has 1 unspecified atom stereocenters. The largest absolute Gasteiger partial charge is 0.359 e. The van der Waals surface area contributed by atoms with E-state index in [9.17, 15) is 9.59 Å². The molecule has 2 rings (SSSR count). The molecule has 100 valence electrons. The summed E-state index contributed by atoms with van der Waals surface area (Å²) in [4.78, 5) is 23.4. The van der Waals surface area contributed by atoms with Crippen molar-refractivity contribution in [2.75, 3.05) is 7.05 Å². The van der Waals surface area contributed by atoms with Crippen LogP contribution in [0, 0.1) is 0 Å². The van der Waals surface area contributed by atoms with E-state index in [1.54, 1.807) is 18.4 Å². The summed E-state index contributed by atoms with van der Waals surface area (Å²) in [5.74, 6) is -0.211. The molecular formula is C14H16N2O2S. The van der Waals surface area contributed by atoms with Crippen molar-refractivity contribution >= 4 is 33.2 Å². The average molecular weight is 276 g/mol. The van der Waals surface area contributed by atoms with Crippen molar-refractivity contribution in [1.82, 2.24) is 10.6 Å². The first kappa shape index (κ1) is 13.5. The molecule has 5 heteroatoms. The normalized spacial score (nSPS) is 12.1. The van der Waals surface area contributed by atoms with Crippen molar-refractivity contribution in [3.8, 4) is 0 Å². The Labute approximate surface area is 115 Å². The maximum absolute atomic E-state index is 12.2. The third kappa shape index (κ3) is 3.12. The zero-order chi connectivity index (χ0) is 13.8. The standard InChI is InChI=1S/C14H16N2O2S/c1-9(7-13(17)15-2)16-14(18)11-8-19-12-6-4-3-5-10(11)12/h3-6,8-9H,7H2,1-2H3,(H,15,17)(H,16,18). The Hall–Kier alpha value is -1.88. The predicted molar refractivity (Wildman–Crippen MR) is 77.4 cm³/mol. The van der Waals surface area contributed by atoms with E-state index in [1.165, 1.54) is 0 Å². The van der Waals surface area contributed by atoms with Gasteiger partial charge < -0.3 is 10.6 Å². The summed E-state index contributed by atoms with van der Waals surface area (Å²) in [6, 6.07) is 7.61. The number of hydrogen-bond donors (Lipinski definition) is 2. The Morgan fingerprint density at radius 2 is 2.05 bits per heavy atom. The summed E-state index contributed by atoms with van der Waals surface area (Å²) in [6.45, 7) is 1.82. The van der Waals surface area contributed by atoms with Crippen molar-refractivity contribution in [1.29, 1.82) is 0 Å². The SMILES string of the molecule is CNC(=O)CC(C)NC(=O)c1csc2ccccc12. The Kier molecular flexibility index (Phi) is 4.16. The van der Waals surface area contributed by atoms with E-state index in [2.05, 4.69) is 10.6 Å². The van der Waals surface area contributed by atoms with Gasteiger partial charge in [-0.2, -0.15) is 0 Å². The van der Waals surface area contributed by atoms with Crippen LogP contribution in [-0.2, 0) is 4.79 Å². The van der Waals surface area contributed by atoms with Crippen LogP contribution in [0.1, 0.15) is 23.7 Å². The first-order chi connectivity index (χ1) is 9.11. The summed E-state index contributed by atoms with van der Waals surface area (Å²) in [5, 5.41) is 8.20. The molecule has 4 nitrogen and oxygen atoms in total. The van der Waals surface area contributed by atoms with E-state index >= 15 is 0 Å². The molecule has 0 bridgehead atoms. The van der Waals surface area contributed by atoms with Crippen LogP contribution in [0.2, 0.25) is 0 Å². The van der Waals surface area contributed by atoms with Crippen LogP contribution in [0.25, 0.3) is 10.1 Å². The number of fused-ring (bicyclic) bond motifs is 1. The number of hydrogen-bond acceptors (Lipinski definition) is 3. The Balaban J connectivity index is 2.10. The molecule has 19 heavy (non-hydrogen) atoms. The van der Waals surface area contributed by atoms with Gasteiger partial charge in [0.25, 0.3) is 5.91 Å². The van der Waals surface area contributed by atoms with Gasteiger partial charge in [-0.3, -0.25) is 9.59 Å². The minimum Gasteiger partial charge on any atom is -0.359 e. The maximum Gasteiger partial charge on any atom is 0.252 e. The molecule has 0 radical (unpaired) electrons. The number of thiophene rings is 1. The molecule has 0 aliphatic rings. The van der Waals surface area contributed by atoms with Crippen molar-refractivity contribution in [3.05, 3.63) is 35.2 Å². The first-order valence-corrected chi connectivity index (χ1v) is 6.97. The molecular weight excluding hydrogens is 260 g/mol. The van der Waals surface area contributed by atoms with Crippen LogP contribution in [-0.4, -0.2) is 24.9 Å². The van der Waals surface area contributed by atoms with Crippen LogP contribution in [0.3, 0.4) is 0 Å². The van der Waals surface area contributed by atoms with Crippen molar-refractivity contribution in [3.63, 3.8) is 0 Å². The monoisotopic (exact) mass is 276 g/mol. The number of rotatable bonds is 4. The number of carbonyl (C=O) groups excluding carboxylic acids is 2. The molecule has 0 aliphatic carbocycles. The van der Waals surface area contributed by atoms with Crippen LogP contribution in [0.4, 0.5) is 0 Å². The highest BCUT2D eigenvalue weighted by atomic mass is 32.1. The molecule has 2 aromatic rings. The van der Waals surface area contributed by atoms with Crippen LogP contribution >= 0.6 is 11.3 Å². The van der Waals surface area contributed by atoms with Gasteiger partial charge >= 0.3 is 0 Å². The van der Waals surface area contributed by atoms with Crippen molar-refractivity contribution < 1.29 is 9.59 Å². The molecule has 1 atom stereocenters. The van der Waals surface area contributed by atoms with Crippen LogP contribution in [0.15, 0.2) is 29.6 Å². The minimum absolute atomic E-state index is 0.0806. The van der Waals surface area contributed by atoms with Crippen LogP contribution in [0.5, 0.6) is 0 Å². The van der Waals surface area contributed by atoms with Crippen LogP contribution < -0.4 is 10.6 Å². The second-order valence-corrected chi connectivity index (χ2v) is 5.31. The molecule has 2 N–H and O–H groups in total. The van der Waals surface area contributed by atoms with Gasteiger partial charge in [0.1, 0.15) is 0 Å². The number of nitrogens with one attached hydrogen (secondary N) is 2. The van der Waals surface area contributed by atoms with Gasteiger partial charge in [-0.25, -0.2) is 0 Å². The summed E-state index contributed by atoms with van der Waals surface area (Å²) in [5.41, 5.74) is 0.671. The Bertz CT molecular complexity index is 606. The Morgan fingerprint density at radius 3 is 2.79 bits per heavy atom. The lowest BCUT2D eigenvalue weighted by atomic mass is 10.1. The van der Waals surface area contributed by atoms with Gasteiger partial charge in [0.05, 0.1) is 5.56 Å². The zero-order valence-corrected chi connectivity index (χ0v) is 11.7. The van der Waals surface area contributed by atoms with Gasteiger partial charge in [-0.15, -0.1) is 11.3 Å². The first-order valence-electron chi connectivity index (χ1n) is 6.09. The fraction of sp³-hybridized carbons (Fsp3) is 0.286. The molecule has 0 aliphatic heterocycles. The predicted octanol–water partition coefficient (Wildman–Crippen LogP) is 2.16.